The third-order valence-corrected chi connectivity index (χ3v) is 18.8. The Morgan fingerprint density at radius 3 is 2.22 bits per heavy atom. The zero-order chi connectivity index (χ0) is 45.6. The fourth-order valence-corrected chi connectivity index (χ4v) is 11.8. The van der Waals surface area contributed by atoms with Gasteiger partial charge in [0.05, 0.1) is 18.7 Å². The van der Waals surface area contributed by atoms with Gasteiger partial charge in [0.25, 0.3) is 5.88 Å². The second-order valence-electron chi connectivity index (χ2n) is 19.2. The van der Waals surface area contributed by atoms with Gasteiger partial charge < -0.3 is 28.3 Å². The predicted octanol–water partition coefficient (Wildman–Crippen LogP) is 10.6. The minimum atomic E-state index is -2.97. The summed E-state index contributed by atoms with van der Waals surface area (Å²) in [6.07, 6.45) is 6.26. The van der Waals surface area contributed by atoms with Crippen LogP contribution in [0.1, 0.15) is 108 Å². The van der Waals surface area contributed by atoms with Crippen LogP contribution in [0.3, 0.4) is 0 Å². The lowest BCUT2D eigenvalue weighted by molar-refractivity contribution is -0.0525. The second kappa shape index (κ2) is 18.0. The summed E-state index contributed by atoms with van der Waals surface area (Å²) in [5.74, 6) is -1.12. The van der Waals surface area contributed by atoms with Crippen molar-refractivity contribution in [3.8, 4) is 17.4 Å². The van der Waals surface area contributed by atoms with E-state index >= 15 is 9.59 Å². The third kappa shape index (κ3) is 7.75. The summed E-state index contributed by atoms with van der Waals surface area (Å²) < 4.78 is 33.1. The van der Waals surface area contributed by atoms with Crippen molar-refractivity contribution in [3.05, 3.63) is 143 Å². The molecular weight excluding hydrogens is 823 g/mol. The Hall–Kier alpha value is -5.27. The molecule has 1 fully saturated rings. The Morgan fingerprint density at radius 1 is 0.984 bits per heavy atom. The third-order valence-electron chi connectivity index (χ3n) is 14.4. The van der Waals surface area contributed by atoms with Crippen LogP contribution in [0.5, 0.6) is 17.4 Å². The number of nitrogens with zero attached hydrogens (tertiary/aromatic N) is 3. The standard InChI is InChI=1S/C52H63N3O8Si/c1-10-25-55(26-11-2)44-38-29-35-28-37-42(40(60-31-33-20-15-13-16-21-33)30-36(46(37)59-7)39-24-19-27-54(39)12-3)45(56)41(35)48(57)52(38,63-64(8,9)51(4,5)6)49(58)43-47(44)62-53-50(43)61-32-34-22-17-14-18-23-34/h10-11,13-18,20-23,30,35,38-39,44,57H,1-2,12,19,24-29,31-32H2,3-9H3/t35-,38-,39?,44-,52-/m0/s1. The first-order valence-corrected chi connectivity index (χ1v) is 25.6. The van der Waals surface area contributed by atoms with Crippen LogP contribution in [0.2, 0.25) is 18.1 Å². The Bertz CT molecular complexity index is 2430. The molecule has 0 radical (unpaired) electrons. The molecule has 0 saturated carbocycles. The Morgan fingerprint density at radius 2 is 1.62 bits per heavy atom. The lowest BCUT2D eigenvalue weighted by Crippen LogP contribution is -2.65. The molecule has 1 N–H and O–H groups in total. The molecule has 1 aliphatic heterocycles. The van der Waals surface area contributed by atoms with Crippen LogP contribution < -0.4 is 14.2 Å². The molecular formula is C52H63N3O8Si. The van der Waals surface area contributed by atoms with Crippen molar-refractivity contribution in [1.29, 1.82) is 0 Å². The number of carbonyl (C=O) groups excluding carboxylic acids is 2. The zero-order valence-corrected chi connectivity index (χ0v) is 39.4. The molecule has 4 aliphatic rings. The molecule has 1 saturated heterocycles. The van der Waals surface area contributed by atoms with Crippen molar-refractivity contribution in [1.82, 2.24) is 15.0 Å². The SMILES string of the molecule is C=CCN(CC=C)[C@@H]1c2onc(OCc3ccccc3)c2C(=O)[C@@]2(O[Si](C)(C)C(C)(C)C)C(O)=C3C(=O)c4c(OCc5ccccc5)cc(C5CCCN5CC)c(OC)c4C[C@H]3C[C@@H]12. The highest BCUT2D eigenvalue weighted by Gasteiger charge is 2.67. The molecule has 0 amide bonds. The number of Topliss-reactive ketones (excluding diaryl/α,β-unsaturated/α-hetero) is 2. The Kier molecular flexibility index (Phi) is 12.7. The number of fused-ring (bicyclic) bond motifs is 4. The molecule has 3 aliphatic carbocycles. The lowest BCUT2D eigenvalue weighted by Gasteiger charge is -2.55. The number of hydrogen-bond donors (Lipinski definition) is 1. The lowest BCUT2D eigenvalue weighted by atomic mass is 9.58. The fraction of sp³-hybridized carbons (Fsp3) is 0.442. The highest BCUT2D eigenvalue weighted by atomic mass is 28.4. The molecule has 2 heterocycles. The van der Waals surface area contributed by atoms with E-state index in [4.69, 9.17) is 23.2 Å². The number of ether oxygens (including phenoxy) is 3. The Balaban J connectivity index is 1.36. The van der Waals surface area contributed by atoms with Gasteiger partial charge in [-0.25, -0.2) is 0 Å². The van der Waals surface area contributed by atoms with Crippen molar-refractivity contribution in [3.63, 3.8) is 0 Å². The molecule has 5 atom stereocenters. The summed E-state index contributed by atoms with van der Waals surface area (Å²) in [5.41, 5.74) is 2.16. The molecule has 1 aromatic heterocycles. The van der Waals surface area contributed by atoms with Gasteiger partial charge >= 0.3 is 0 Å². The highest BCUT2D eigenvalue weighted by molar-refractivity contribution is 6.74. The van der Waals surface area contributed by atoms with Crippen LogP contribution in [0, 0.1) is 11.8 Å². The number of rotatable bonds is 16. The average molecular weight is 886 g/mol. The number of carbonyl (C=O) groups is 2. The van der Waals surface area contributed by atoms with Gasteiger partial charge in [-0.1, -0.05) is 101 Å². The van der Waals surface area contributed by atoms with Crippen molar-refractivity contribution >= 4 is 19.9 Å². The van der Waals surface area contributed by atoms with E-state index in [0.29, 0.717) is 48.8 Å². The van der Waals surface area contributed by atoms with Crippen molar-refractivity contribution in [2.75, 3.05) is 33.3 Å². The number of benzene rings is 3. The van der Waals surface area contributed by atoms with Gasteiger partial charge in [-0.05, 0) is 85.2 Å². The summed E-state index contributed by atoms with van der Waals surface area (Å²) in [5, 5.41) is 17.4. The zero-order valence-electron chi connectivity index (χ0n) is 38.4. The maximum Gasteiger partial charge on any atom is 0.265 e. The van der Waals surface area contributed by atoms with Gasteiger partial charge in [-0.2, -0.15) is 0 Å². The molecule has 338 valence electrons. The molecule has 0 spiro atoms. The van der Waals surface area contributed by atoms with E-state index in [1.807, 2.05) is 66.7 Å². The van der Waals surface area contributed by atoms with Crippen LogP contribution >= 0.6 is 0 Å². The molecule has 8 rings (SSSR count). The average Bonchev–Trinajstić information content (AvgIpc) is 3.93. The highest BCUT2D eigenvalue weighted by Crippen LogP contribution is 2.61. The quantitative estimate of drug-likeness (QED) is 0.0854. The number of allylic oxidation sites excluding steroid dienone is 1. The molecule has 12 heteroatoms. The maximum absolute atomic E-state index is 16.0. The number of aromatic nitrogens is 1. The molecule has 0 bridgehead atoms. The number of hydrogen-bond acceptors (Lipinski definition) is 11. The molecule has 3 aromatic carbocycles. The Labute approximate surface area is 378 Å². The predicted molar refractivity (Wildman–Crippen MR) is 250 cm³/mol. The van der Waals surface area contributed by atoms with E-state index in [0.717, 1.165) is 48.2 Å². The largest absolute Gasteiger partial charge is 0.508 e. The monoisotopic (exact) mass is 885 g/mol. The topological polar surface area (TPSA) is 124 Å². The van der Waals surface area contributed by atoms with Crippen LogP contribution in [-0.4, -0.2) is 78.8 Å². The summed E-state index contributed by atoms with van der Waals surface area (Å²) in [6.45, 7) is 23.7. The molecule has 64 heavy (non-hydrogen) atoms. The van der Waals surface area contributed by atoms with E-state index in [1.54, 1.807) is 19.3 Å². The summed E-state index contributed by atoms with van der Waals surface area (Å²) in [6, 6.07) is 20.9. The van der Waals surface area contributed by atoms with E-state index < -0.39 is 48.4 Å². The normalized spacial score (nSPS) is 23.3. The summed E-state index contributed by atoms with van der Waals surface area (Å²) >= 11 is 0. The van der Waals surface area contributed by atoms with E-state index in [9.17, 15) is 5.11 Å². The van der Waals surface area contributed by atoms with Crippen molar-refractivity contribution < 1.29 is 37.9 Å². The van der Waals surface area contributed by atoms with Gasteiger partial charge in [0.2, 0.25) is 5.78 Å². The van der Waals surface area contributed by atoms with Gasteiger partial charge in [-0.3, -0.25) is 19.4 Å². The van der Waals surface area contributed by atoms with Crippen LogP contribution in [0.4, 0.5) is 0 Å². The minimum absolute atomic E-state index is 0.00445. The van der Waals surface area contributed by atoms with Gasteiger partial charge in [0.15, 0.2) is 25.5 Å². The van der Waals surface area contributed by atoms with Crippen LogP contribution in [0.15, 0.2) is 108 Å². The van der Waals surface area contributed by atoms with Crippen molar-refractivity contribution in [2.45, 2.75) is 102 Å². The minimum Gasteiger partial charge on any atom is -0.508 e. The smallest absolute Gasteiger partial charge is 0.265 e. The number of aliphatic hydroxyl groups is 1. The number of likely N-dealkylation sites (tertiary alicyclic amines) is 1. The number of aliphatic hydroxyl groups excluding tert-OH is 1. The molecule has 1 unspecified atom stereocenters. The van der Waals surface area contributed by atoms with Gasteiger partial charge in [0.1, 0.15) is 36.0 Å². The van der Waals surface area contributed by atoms with E-state index in [1.165, 1.54) is 0 Å². The first-order valence-electron chi connectivity index (χ1n) is 22.7. The summed E-state index contributed by atoms with van der Waals surface area (Å²) in [4.78, 5) is 36.3. The molecule has 11 nitrogen and oxygen atoms in total. The van der Waals surface area contributed by atoms with Crippen molar-refractivity contribution in [2.24, 2.45) is 11.8 Å². The van der Waals surface area contributed by atoms with Gasteiger partial charge in [0, 0.05) is 41.7 Å². The second-order valence-corrected chi connectivity index (χ2v) is 23.9. The van der Waals surface area contributed by atoms with E-state index in [2.05, 4.69) is 68.9 Å². The molecule has 4 aromatic rings. The van der Waals surface area contributed by atoms with Crippen LogP contribution in [-0.2, 0) is 24.1 Å². The maximum atomic E-state index is 16.0. The summed E-state index contributed by atoms with van der Waals surface area (Å²) in [7, 11) is -1.30. The fourth-order valence-electron chi connectivity index (χ4n) is 10.4. The first kappa shape index (κ1) is 45.3. The van der Waals surface area contributed by atoms with Gasteiger partial charge in [-0.15, -0.1) is 13.2 Å². The van der Waals surface area contributed by atoms with Crippen LogP contribution in [0.25, 0.3) is 0 Å². The number of methoxy groups -OCH3 is 1. The first-order chi connectivity index (χ1) is 30.7. The number of ketones is 2. The van der Waals surface area contributed by atoms with E-state index in [-0.39, 0.29) is 42.0 Å².